The minimum atomic E-state index is -0.557. The van der Waals surface area contributed by atoms with Crippen molar-refractivity contribution < 1.29 is 9.59 Å². The molecule has 1 aliphatic heterocycles. The van der Waals surface area contributed by atoms with Gasteiger partial charge in [-0.2, -0.15) is 0 Å². The van der Waals surface area contributed by atoms with Crippen molar-refractivity contribution in [1.29, 1.82) is 0 Å². The van der Waals surface area contributed by atoms with Crippen LogP contribution in [0.15, 0.2) is 18.2 Å². The summed E-state index contributed by atoms with van der Waals surface area (Å²) in [6.07, 6.45) is 3.56. The number of nitrogens with zero attached hydrogens (tertiary/aromatic N) is 1. The molecule has 1 heterocycles. The summed E-state index contributed by atoms with van der Waals surface area (Å²) in [5.74, 6) is -0.175. The number of nitrogens with two attached hydrogens (primary N) is 1. The van der Waals surface area contributed by atoms with Gasteiger partial charge in [0.05, 0.1) is 12.6 Å². The van der Waals surface area contributed by atoms with Crippen molar-refractivity contribution >= 4 is 35.6 Å². The lowest BCUT2D eigenvalue weighted by Crippen LogP contribution is -2.39. The molecule has 1 aromatic rings. The summed E-state index contributed by atoms with van der Waals surface area (Å²) in [6, 6.07) is 4.93. The first kappa shape index (κ1) is 22.4. The first-order valence-corrected chi connectivity index (χ1v) is 9.06. The van der Waals surface area contributed by atoms with Crippen LogP contribution in [0.1, 0.15) is 38.7 Å². The van der Waals surface area contributed by atoms with Crippen LogP contribution < -0.4 is 16.4 Å². The number of carbonyl (C=O) groups excluding carboxylic acids is 2. The van der Waals surface area contributed by atoms with E-state index >= 15 is 0 Å². The molecule has 0 aromatic heterocycles. The highest BCUT2D eigenvalue weighted by Crippen LogP contribution is 2.21. The van der Waals surface area contributed by atoms with Gasteiger partial charge in [0.25, 0.3) is 0 Å². The molecule has 6 nitrogen and oxygen atoms in total. The van der Waals surface area contributed by atoms with E-state index < -0.39 is 6.04 Å². The van der Waals surface area contributed by atoms with Gasteiger partial charge >= 0.3 is 0 Å². The van der Waals surface area contributed by atoms with E-state index in [9.17, 15) is 9.59 Å². The molecular weight excluding hydrogens is 352 g/mol. The standard InChI is InChI=1S/C19H30N4O2.ClH/c1-13(2)18(20)19(25)21-15-8-7-14(3)16(11-15)22-17(24)12-23-9-5-4-6-10-23;/h7-8,11,13,18H,4-6,9-10,12,20H2,1-3H3,(H,21,25)(H,22,24);1H/t18-;/m0./s1. The molecule has 0 aliphatic carbocycles. The Morgan fingerprint density at radius 2 is 1.81 bits per heavy atom. The molecule has 4 N–H and O–H groups in total. The second kappa shape index (κ2) is 10.5. The summed E-state index contributed by atoms with van der Waals surface area (Å²) >= 11 is 0. The zero-order valence-corrected chi connectivity index (χ0v) is 16.7. The van der Waals surface area contributed by atoms with Crippen molar-refractivity contribution in [3.8, 4) is 0 Å². The molecule has 1 fully saturated rings. The number of amides is 2. The molecule has 26 heavy (non-hydrogen) atoms. The lowest BCUT2D eigenvalue weighted by Gasteiger charge is -2.25. The summed E-state index contributed by atoms with van der Waals surface area (Å²) in [6.45, 7) is 8.12. The van der Waals surface area contributed by atoms with Crippen LogP contribution in [0.5, 0.6) is 0 Å². The van der Waals surface area contributed by atoms with E-state index in [1.165, 1.54) is 6.42 Å². The van der Waals surface area contributed by atoms with Gasteiger partial charge < -0.3 is 16.4 Å². The molecule has 0 unspecified atom stereocenters. The van der Waals surface area contributed by atoms with Crippen LogP contribution in [0.3, 0.4) is 0 Å². The van der Waals surface area contributed by atoms with E-state index in [0.717, 1.165) is 37.2 Å². The van der Waals surface area contributed by atoms with E-state index in [4.69, 9.17) is 5.73 Å². The van der Waals surface area contributed by atoms with Crippen LogP contribution in [-0.4, -0.2) is 42.4 Å². The van der Waals surface area contributed by atoms with Gasteiger partial charge in [-0.3, -0.25) is 14.5 Å². The molecule has 146 valence electrons. The average molecular weight is 383 g/mol. The molecule has 1 saturated heterocycles. The molecule has 1 aromatic carbocycles. The summed E-state index contributed by atoms with van der Waals surface area (Å²) in [5, 5.41) is 5.78. The molecule has 1 atom stereocenters. The highest BCUT2D eigenvalue weighted by molar-refractivity contribution is 5.97. The van der Waals surface area contributed by atoms with Crippen molar-refractivity contribution in [3.05, 3.63) is 23.8 Å². The first-order valence-electron chi connectivity index (χ1n) is 9.06. The minimum Gasteiger partial charge on any atom is -0.325 e. The number of hydrogen-bond acceptors (Lipinski definition) is 4. The fourth-order valence-electron chi connectivity index (χ4n) is 2.87. The van der Waals surface area contributed by atoms with Gasteiger partial charge in [0.2, 0.25) is 11.8 Å². The van der Waals surface area contributed by atoms with Gasteiger partial charge in [-0.15, -0.1) is 12.4 Å². The third kappa shape index (κ3) is 6.59. The van der Waals surface area contributed by atoms with Gasteiger partial charge in [0.15, 0.2) is 0 Å². The van der Waals surface area contributed by atoms with Gasteiger partial charge in [0, 0.05) is 11.4 Å². The van der Waals surface area contributed by atoms with Crippen LogP contribution >= 0.6 is 12.4 Å². The van der Waals surface area contributed by atoms with Crippen molar-refractivity contribution in [1.82, 2.24) is 4.90 Å². The maximum atomic E-state index is 12.3. The molecule has 0 saturated carbocycles. The van der Waals surface area contributed by atoms with E-state index in [1.807, 2.05) is 32.9 Å². The second-order valence-corrected chi connectivity index (χ2v) is 7.17. The second-order valence-electron chi connectivity index (χ2n) is 7.17. The van der Waals surface area contributed by atoms with Gasteiger partial charge in [-0.1, -0.05) is 26.3 Å². The van der Waals surface area contributed by atoms with Crippen LogP contribution in [0.25, 0.3) is 0 Å². The van der Waals surface area contributed by atoms with Gasteiger partial charge in [0.1, 0.15) is 0 Å². The quantitative estimate of drug-likeness (QED) is 0.705. The number of likely N-dealkylation sites (tertiary alicyclic amines) is 1. The normalized spacial score (nSPS) is 15.9. The summed E-state index contributed by atoms with van der Waals surface area (Å²) in [5.41, 5.74) is 8.19. The molecule has 7 heteroatoms. The fraction of sp³-hybridized carbons (Fsp3) is 0.579. The highest BCUT2D eigenvalue weighted by Gasteiger charge is 2.18. The zero-order valence-electron chi connectivity index (χ0n) is 15.9. The lowest BCUT2D eigenvalue weighted by atomic mass is 10.0. The third-order valence-corrected chi connectivity index (χ3v) is 4.62. The number of anilines is 2. The Labute approximate surface area is 162 Å². The molecular formula is C19H31ClN4O2. The molecule has 2 rings (SSSR count). The van der Waals surface area contributed by atoms with E-state index in [-0.39, 0.29) is 30.1 Å². The number of halogens is 1. The molecule has 0 radical (unpaired) electrons. The summed E-state index contributed by atoms with van der Waals surface area (Å²) < 4.78 is 0. The third-order valence-electron chi connectivity index (χ3n) is 4.62. The molecule has 0 spiro atoms. The first-order chi connectivity index (χ1) is 11.9. The number of hydrogen-bond donors (Lipinski definition) is 3. The smallest absolute Gasteiger partial charge is 0.241 e. The molecule has 0 bridgehead atoms. The van der Waals surface area contributed by atoms with E-state index in [1.54, 1.807) is 6.07 Å². The lowest BCUT2D eigenvalue weighted by molar-refractivity contribution is -0.118. The fourth-order valence-corrected chi connectivity index (χ4v) is 2.87. The van der Waals surface area contributed by atoms with Crippen molar-refractivity contribution in [3.63, 3.8) is 0 Å². The number of piperidine rings is 1. The highest BCUT2D eigenvalue weighted by atomic mass is 35.5. The number of carbonyl (C=O) groups is 2. The Morgan fingerprint density at radius 3 is 2.42 bits per heavy atom. The Bertz CT molecular complexity index is 616. The van der Waals surface area contributed by atoms with E-state index in [0.29, 0.717) is 12.2 Å². The number of nitrogens with one attached hydrogen (secondary N) is 2. The Kier molecular flexibility index (Phi) is 9.05. The van der Waals surface area contributed by atoms with Crippen LogP contribution in [-0.2, 0) is 9.59 Å². The maximum Gasteiger partial charge on any atom is 0.241 e. The number of aryl methyl sites for hydroxylation is 1. The minimum absolute atomic E-state index is 0. The Balaban J connectivity index is 0.00000338. The van der Waals surface area contributed by atoms with Gasteiger partial charge in [-0.05, 0) is 56.5 Å². The van der Waals surface area contributed by atoms with Gasteiger partial charge in [-0.25, -0.2) is 0 Å². The van der Waals surface area contributed by atoms with Crippen LogP contribution in [0, 0.1) is 12.8 Å². The van der Waals surface area contributed by atoms with Crippen molar-refractivity contribution in [2.45, 2.75) is 46.1 Å². The van der Waals surface area contributed by atoms with Crippen LogP contribution in [0.4, 0.5) is 11.4 Å². The zero-order chi connectivity index (χ0) is 18.4. The topological polar surface area (TPSA) is 87.5 Å². The summed E-state index contributed by atoms with van der Waals surface area (Å²) in [4.78, 5) is 26.6. The van der Waals surface area contributed by atoms with Crippen molar-refractivity contribution in [2.24, 2.45) is 11.7 Å². The molecule has 2 amide bonds. The monoisotopic (exact) mass is 382 g/mol. The number of rotatable bonds is 6. The predicted molar refractivity (Wildman–Crippen MR) is 109 cm³/mol. The SMILES string of the molecule is Cc1ccc(NC(=O)[C@@H](N)C(C)C)cc1NC(=O)CN1CCCCC1.Cl. The average Bonchev–Trinajstić information content (AvgIpc) is 2.57. The van der Waals surface area contributed by atoms with Crippen LogP contribution in [0.2, 0.25) is 0 Å². The maximum absolute atomic E-state index is 12.3. The predicted octanol–water partition coefficient (Wildman–Crippen LogP) is 2.76. The Hall–Kier alpha value is -1.63. The number of benzene rings is 1. The Morgan fingerprint density at radius 1 is 1.15 bits per heavy atom. The van der Waals surface area contributed by atoms with Crippen molar-refractivity contribution in [2.75, 3.05) is 30.3 Å². The summed E-state index contributed by atoms with van der Waals surface area (Å²) in [7, 11) is 0. The van der Waals surface area contributed by atoms with E-state index in [2.05, 4.69) is 15.5 Å². The molecule has 1 aliphatic rings. The largest absolute Gasteiger partial charge is 0.325 e.